The zero-order chi connectivity index (χ0) is 19.4. The predicted octanol–water partition coefficient (Wildman–Crippen LogP) is 1.14. The fraction of sp³-hybridized carbons (Fsp3) is 1.00. The van der Waals surface area contributed by atoms with E-state index in [0.717, 1.165) is 0 Å². The molecule has 0 bridgehead atoms. The first-order chi connectivity index (χ1) is 12.0. The van der Waals surface area contributed by atoms with Crippen LogP contribution in [0.4, 0.5) is 0 Å². The molecule has 3 unspecified atom stereocenters. The summed E-state index contributed by atoms with van der Waals surface area (Å²) in [6.07, 6.45) is -15.0. The van der Waals surface area contributed by atoms with E-state index in [1.807, 2.05) is 0 Å². The summed E-state index contributed by atoms with van der Waals surface area (Å²) in [5.41, 5.74) is 0. The van der Waals surface area contributed by atoms with Gasteiger partial charge in [0.25, 0.3) is 18.5 Å². The quantitative estimate of drug-likeness (QED) is 0.374. The van der Waals surface area contributed by atoms with Crippen LogP contribution in [0.3, 0.4) is 0 Å². The molecule has 0 aliphatic rings. The van der Waals surface area contributed by atoms with Gasteiger partial charge in [-0.2, -0.15) is 0 Å². The van der Waals surface area contributed by atoms with Crippen molar-refractivity contribution in [2.24, 2.45) is 46.6 Å². The van der Waals surface area contributed by atoms with E-state index in [1.165, 1.54) is 0 Å². The molecule has 0 aromatic heterocycles. The van der Waals surface area contributed by atoms with E-state index >= 15 is 0 Å². The Hall–Kier alpha value is -3.64. The van der Waals surface area contributed by atoms with E-state index < -0.39 is 37.0 Å². The van der Waals surface area contributed by atoms with Crippen molar-refractivity contribution in [3.63, 3.8) is 0 Å². The molecule has 19 heteroatoms. The maximum Gasteiger partial charge on any atom is 0.261 e. The number of hydrogen-bond acceptors (Lipinski definition) is 19. The molecule has 0 radical (unpaired) electrons. The molecule has 0 N–H and O–H groups in total. The van der Waals surface area contributed by atoms with Gasteiger partial charge in [0.15, 0.2) is 18.5 Å². The molecule has 0 heterocycles. The maximum absolute atomic E-state index is 10.9. The molecule has 19 nitrogen and oxygen atoms in total. The molecule has 0 aliphatic carbocycles. The zero-order valence-corrected chi connectivity index (χ0v) is 11.6. The van der Waals surface area contributed by atoms with Gasteiger partial charge in [0, 0.05) is 0 Å². The van der Waals surface area contributed by atoms with Crippen molar-refractivity contribution in [2.75, 3.05) is 0 Å². The lowest BCUT2D eigenvalue weighted by atomic mass is 10.2. The Balaban J connectivity index is 6.45. The van der Waals surface area contributed by atoms with Crippen LogP contribution in [0.5, 0.6) is 0 Å². The van der Waals surface area contributed by atoms with Gasteiger partial charge in [0.05, 0.1) is 0 Å². The maximum atomic E-state index is 10.9. The van der Waals surface area contributed by atoms with Gasteiger partial charge >= 0.3 is 0 Å². The van der Waals surface area contributed by atoms with Crippen molar-refractivity contribution in [3.8, 4) is 0 Å². The normalized spacial score (nSPS) is 14.4. The largest absolute Gasteiger partial charge is 0.261 e. The summed E-state index contributed by atoms with van der Waals surface area (Å²) in [5.74, 6) is 0. The number of hydrogen-bond donors (Lipinski definition) is 0. The Morgan fingerprint density at radius 3 is 0.680 bits per heavy atom. The molecular formula is C6H6N10O9. The van der Waals surface area contributed by atoms with Gasteiger partial charge < -0.3 is 0 Å². The van der Waals surface area contributed by atoms with Crippen molar-refractivity contribution in [2.45, 2.75) is 37.0 Å². The highest BCUT2D eigenvalue weighted by Crippen LogP contribution is 2.26. The van der Waals surface area contributed by atoms with Crippen LogP contribution in [0.15, 0.2) is 46.6 Å². The minimum atomic E-state index is -2.52. The topological polar surface area (TPSA) is 268 Å². The smallest absolute Gasteiger partial charge is 0.217 e. The molecule has 25 heavy (non-hydrogen) atoms. The molecule has 134 valence electrons. The van der Waals surface area contributed by atoms with E-state index in [1.54, 1.807) is 0 Å². The van der Waals surface area contributed by atoms with Crippen molar-refractivity contribution >= 4 is 0 Å². The summed E-state index contributed by atoms with van der Waals surface area (Å²) in [4.78, 5) is 96.0. The van der Waals surface area contributed by atoms with E-state index in [2.05, 4.69) is 46.6 Å². The summed E-state index contributed by atoms with van der Waals surface area (Å²) in [7, 11) is 0. The summed E-state index contributed by atoms with van der Waals surface area (Å²) in [5, 5.41) is 19.0. The molecule has 0 amide bonds. The molecule has 0 fully saturated rings. The lowest BCUT2D eigenvalue weighted by Gasteiger charge is -2.33. The molecule has 0 aromatic carbocycles. The Morgan fingerprint density at radius 1 is 0.360 bits per heavy atom. The van der Waals surface area contributed by atoms with E-state index in [-0.39, 0.29) is 4.90 Å². The second kappa shape index (κ2) is 11.0. The Kier molecular flexibility index (Phi) is 9.38. The van der Waals surface area contributed by atoms with Crippen LogP contribution in [0.1, 0.15) is 0 Å². The third kappa shape index (κ3) is 4.66. The number of rotatable bonds is 15. The zero-order valence-electron chi connectivity index (χ0n) is 11.6. The van der Waals surface area contributed by atoms with Crippen LogP contribution in [0, 0.1) is 44.2 Å². The van der Waals surface area contributed by atoms with Crippen LogP contribution < -0.4 is 0 Å². The highest BCUT2D eigenvalue weighted by molar-refractivity contribution is 4.95. The monoisotopic (exact) mass is 362 g/mol. The lowest BCUT2D eigenvalue weighted by Crippen LogP contribution is -2.56. The SMILES string of the molecule is O=NC(N=O)C(N=O)N(C(N=O)C(N=O)N=O)C(N=O)C(N=O)N=O. The Bertz CT molecular complexity index is 457. The number of nitroso groups, excluding NO2 is 9. The third-order valence-corrected chi connectivity index (χ3v) is 2.69. The fourth-order valence-corrected chi connectivity index (χ4v) is 1.64. The summed E-state index contributed by atoms with van der Waals surface area (Å²) in [6.45, 7) is 0. The first-order valence-electron chi connectivity index (χ1n) is 5.74. The van der Waals surface area contributed by atoms with Crippen molar-refractivity contribution in [1.82, 2.24) is 4.90 Å². The molecule has 0 spiro atoms. The van der Waals surface area contributed by atoms with Gasteiger partial charge in [-0.3, -0.25) is 0 Å². The summed E-state index contributed by atoms with van der Waals surface area (Å²) < 4.78 is 0. The molecule has 0 aliphatic heterocycles. The summed E-state index contributed by atoms with van der Waals surface area (Å²) >= 11 is 0. The highest BCUT2D eigenvalue weighted by Gasteiger charge is 2.49. The Morgan fingerprint density at radius 2 is 0.560 bits per heavy atom. The first kappa shape index (κ1) is 21.4. The highest BCUT2D eigenvalue weighted by atomic mass is 16.3. The molecule has 0 aromatic rings. The molecule has 0 saturated carbocycles. The van der Waals surface area contributed by atoms with Crippen molar-refractivity contribution in [1.29, 1.82) is 0 Å². The van der Waals surface area contributed by atoms with Gasteiger partial charge in [0.2, 0.25) is 0 Å². The average Bonchev–Trinajstić information content (AvgIpc) is 2.65. The third-order valence-electron chi connectivity index (χ3n) is 2.69. The van der Waals surface area contributed by atoms with E-state index in [4.69, 9.17) is 0 Å². The standard InChI is InChI=1S/C6H6N10O9/c17-7-1(8-18)4(13-23)16(5(14-24)2(9-19)10-20)6(15-25)3(11-21)12-22/h1-6H. The van der Waals surface area contributed by atoms with Crippen molar-refractivity contribution in [3.05, 3.63) is 44.2 Å². The molecule has 3 atom stereocenters. The average molecular weight is 362 g/mol. The minimum absolute atomic E-state index is 0.124. The molecular weight excluding hydrogens is 356 g/mol. The second-order valence-electron chi connectivity index (χ2n) is 3.88. The fourth-order valence-electron chi connectivity index (χ4n) is 1.64. The van der Waals surface area contributed by atoms with E-state index in [0.29, 0.717) is 0 Å². The van der Waals surface area contributed by atoms with Gasteiger partial charge in [0.1, 0.15) is 0 Å². The second-order valence-corrected chi connectivity index (χ2v) is 3.88. The van der Waals surface area contributed by atoms with Crippen molar-refractivity contribution < 1.29 is 0 Å². The number of nitrogens with zero attached hydrogens (tertiary/aromatic N) is 10. The first-order valence-corrected chi connectivity index (χ1v) is 5.74. The van der Waals surface area contributed by atoms with Crippen LogP contribution in [-0.4, -0.2) is 41.9 Å². The Labute approximate surface area is 134 Å². The molecule has 0 saturated heterocycles. The van der Waals surface area contributed by atoms with Crippen LogP contribution >= 0.6 is 0 Å². The summed E-state index contributed by atoms with van der Waals surface area (Å²) in [6, 6.07) is 0. The van der Waals surface area contributed by atoms with Crippen LogP contribution in [-0.2, 0) is 0 Å². The van der Waals surface area contributed by atoms with Gasteiger partial charge in [-0.15, -0.1) is 44.2 Å². The molecule has 0 rings (SSSR count). The van der Waals surface area contributed by atoms with Gasteiger partial charge in [-0.1, -0.05) is 0 Å². The van der Waals surface area contributed by atoms with E-state index in [9.17, 15) is 44.2 Å². The predicted molar refractivity (Wildman–Crippen MR) is 76.7 cm³/mol. The van der Waals surface area contributed by atoms with Gasteiger partial charge in [-0.25, -0.2) is 4.90 Å². The van der Waals surface area contributed by atoms with Crippen LogP contribution in [0.25, 0.3) is 0 Å². The van der Waals surface area contributed by atoms with Crippen LogP contribution in [0.2, 0.25) is 0 Å². The lowest BCUT2D eigenvalue weighted by molar-refractivity contribution is 0.0491. The van der Waals surface area contributed by atoms with Gasteiger partial charge in [-0.05, 0) is 46.6 Å². The minimum Gasteiger partial charge on any atom is -0.217 e.